The van der Waals surface area contributed by atoms with Crippen LogP contribution in [0.1, 0.15) is 57.9 Å². The van der Waals surface area contributed by atoms with Crippen LogP contribution < -0.4 is 15.1 Å². The molecule has 188 valence electrons. The Morgan fingerprint density at radius 3 is 2.53 bits per heavy atom. The van der Waals surface area contributed by atoms with Crippen molar-refractivity contribution in [3.8, 4) is 0 Å². The Balaban J connectivity index is 1.32. The Morgan fingerprint density at radius 2 is 1.83 bits per heavy atom. The van der Waals surface area contributed by atoms with E-state index in [1.165, 1.54) is 19.3 Å². The molecular weight excluding hydrogens is 454 g/mol. The standard InChI is InChI=1S/C28H33N5O3/c1-16(2)22-15-36-27(35)33(22)23-6-5-21-25(31-23)32(14-20-4-3-7-29-24(20)30-21)26(34)28-11-17-8-18(12-28)10-19(9-17)13-28/h3-7,16-19,22H,8-15H2,1-2H3,(H,29,30)/t17-,18+,19-,22?,28-. The van der Waals surface area contributed by atoms with Gasteiger partial charge >= 0.3 is 6.09 Å². The molecule has 5 fully saturated rings. The summed E-state index contributed by atoms with van der Waals surface area (Å²) >= 11 is 0. The Kier molecular flexibility index (Phi) is 4.85. The van der Waals surface area contributed by atoms with Crippen molar-refractivity contribution < 1.29 is 14.3 Å². The molecular formula is C28H33N5O3. The number of nitrogens with zero attached hydrogens (tertiary/aromatic N) is 4. The van der Waals surface area contributed by atoms with Gasteiger partial charge in [0.1, 0.15) is 18.2 Å². The molecule has 4 aliphatic carbocycles. The number of nitrogens with one attached hydrogen (secondary N) is 1. The highest BCUT2D eigenvalue weighted by atomic mass is 16.6. The number of pyridine rings is 2. The number of fused-ring (bicyclic) bond motifs is 2. The molecule has 4 bridgehead atoms. The quantitative estimate of drug-likeness (QED) is 0.635. The predicted octanol–water partition coefficient (Wildman–Crippen LogP) is 5.26. The fourth-order valence-electron chi connectivity index (χ4n) is 7.94. The lowest BCUT2D eigenvalue weighted by Gasteiger charge is -2.56. The molecule has 2 aromatic rings. The molecule has 2 aromatic heterocycles. The van der Waals surface area contributed by atoms with E-state index in [9.17, 15) is 9.59 Å². The minimum Gasteiger partial charge on any atom is -0.447 e. The largest absolute Gasteiger partial charge is 0.447 e. The second-order valence-electron chi connectivity index (χ2n) is 12.0. The van der Waals surface area contributed by atoms with Gasteiger partial charge < -0.3 is 10.1 Å². The van der Waals surface area contributed by atoms with Crippen molar-refractivity contribution in [2.75, 3.05) is 21.7 Å². The van der Waals surface area contributed by atoms with Gasteiger partial charge in [0.25, 0.3) is 0 Å². The van der Waals surface area contributed by atoms with Crippen molar-refractivity contribution in [3.63, 3.8) is 0 Å². The van der Waals surface area contributed by atoms with Crippen LogP contribution in [0.4, 0.5) is 27.9 Å². The Morgan fingerprint density at radius 1 is 1.11 bits per heavy atom. The molecule has 0 aromatic carbocycles. The van der Waals surface area contributed by atoms with Gasteiger partial charge in [0.05, 0.1) is 23.7 Å². The number of amides is 2. The fraction of sp³-hybridized carbons (Fsp3) is 0.571. The van der Waals surface area contributed by atoms with Crippen molar-refractivity contribution >= 4 is 35.1 Å². The zero-order chi connectivity index (χ0) is 24.6. The molecule has 1 atom stereocenters. The summed E-state index contributed by atoms with van der Waals surface area (Å²) < 4.78 is 5.39. The van der Waals surface area contributed by atoms with Crippen LogP contribution in [0.5, 0.6) is 0 Å². The van der Waals surface area contributed by atoms with Gasteiger partial charge in [-0.05, 0) is 80.4 Å². The van der Waals surface area contributed by atoms with E-state index in [2.05, 4.69) is 24.1 Å². The number of carbonyl (C=O) groups excluding carboxylic acids is 2. The number of hydrogen-bond donors (Lipinski definition) is 1. The predicted molar refractivity (Wildman–Crippen MR) is 136 cm³/mol. The van der Waals surface area contributed by atoms with Crippen LogP contribution in [0.3, 0.4) is 0 Å². The lowest BCUT2D eigenvalue weighted by molar-refractivity contribution is -0.143. The summed E-state index contributed by atoms with van der Waals surface area (Å²) in [4.78, 5) is 40.4. The van der Waals surface area contributed by atoms with Gasteiger partial charge in [0, 0.05) is 11.8 Å². The van der Waals surface area contributed by atoms with Crippen LogP contribution in [0.15, 0.2) is 30.5 Å². The van der Waals surface area contributed by atoms with E-state index in [1.807, 2.05) is 29.2 Å². The van der Waals surface area contributed by atoms with Crippen molar-refractivity contribution in [1.82, 2.24) is 9.97 Å². The number of aromatic nitrogens is 2. The second-order valence-corrected chi connectivity index (χ2v) is 12.0. The van der Waals surface area contributed by atoms with E-state index >= 15 is 0 Å². The first-order valence-corrected chi connectivity index (χ1v) is 13.4. The third-order valence-electron chi connectivity index (χ3n) is 9.25. The number of hydrogen-bond acceptors (Lipinski definition) is 6. The normalized spacial score (nSPS) is 32.1. The number of ether oxygens (including phenoxy) is 1. The average molecular weight is 488 g/mol. The topological polar surface area (TPSA) is 87.7 Å². The number of anilines is 4. The molecule has 6 aliphatic rings. The van der Waals surface area contributed by atoms with Crippen LogP contribution in [0, 0.1) is 29.1 Å². The Bertz CT molecular complexity index is 1210. The number of cyclic esters (lactones) is 1. The van der Waals surface area contributed by atoms with Gasteiger partial charge in [-0.2, -0.15) is 0 Å². The second kappa shape index (κ2) is 7.92. The first-order chi connectivity index (χ1) is 17.4. The molecule has 2 aliphatic heterocycles. The summed E-state index contributed by atoms with van der Waals surface area (Å²) in [6.45, 7) is 4.92. The van der Waals surface area contributed by atoms with E-state index < -0.39 is 0 Å². The van der Waals surface area contributed by atoms with Crippen molar-refractivity contribution in [2.24, 2.45) is 29.1 Å². The maximum absolute atomic E-state index is 14.6. The van der Waals surface area contributed by atoms with Crippen LogP contribution >= 0.6 is 0 Å². The molecule has 0 radical (unpaired) electrons. The smallest absolute Gasteiger partial charge is 0.415 e. The fourth-order valence-corrected chi connectivity index (χ4v) is 7.94. The van der Waals surface area contributed by atoms with E-state index in [4.69, 9.17) is 9.72 Å². The molecule has 1 unspecified atom stereocenters. The molecule has 8 heteroatoms. The van der Waals surface area contributed by atoms with E-state index in [1.54, 1.807) is 11.1 Å². The van der Waals surface area contributed by atoms with Crippen LogP contribution in [0.25, 0.3) is 0 Å². The molecule has 4 heterocycles. The SMILES string of the molecule is CC(C)C1COC(=O)N1c1ccc2c(n1)N(C(=O)[C@]13C[C@H]4C[C@H](C[C@H](C4)C1)C3)Cc1cccnc1N2. The zero-order valence-corrected chi connectivity index (χ0v) is 20.9. The third kappa shape index (κ3) is 3.33. The van der Waals surface area contributed by atoms with Gasteiger partial charge in [-0.1, -0.05) is 19.9 Å². The van der Waals surface area contributed by atoms with Gasteiger partial charge in [0.2, 0.25) is 5.91 Å². The molecule has 8 nitrogen and oxygen atoms in total. The average Bonchev–Trinajstić information content (AvgIpc) is 3.16. The maximum atomic E-state index is 14.6. The molecule has 2 amide bonds. The zero-order valence-electron chi connectivity index (χ0n) is 20.9. The summed E-state index contributed by atoms with van der Waals surface area (Å²) in [5.41, 5.74) is 1.41. The van der Waals surface area contributed by atoms with Crippen LogP contribution in [-0.4, -0.2) is 34.6 Å². The maximum Gasteiger partial charge on any atom is 0.415 e. The molecule has 4 saturated carbocycles. The minimum atomic E-state index is -0.383. The van der Waals surface area contributed by atoms with Crippen molar-refractivity contribution in [3.05, 3.63) is 36.0 Å². The third-order valence-corrected chi connectivity index (χ3v) is 9.25. The van der Waals surface area contributed by atoms with Crippen molar-refractivity contribution in [2.45, 2.75) is 65.0 Å². The highest BCUT2D eigenvalue weighted by molar-refractivity contribution is 6.01. The van der Waals surface area contributed by atoms with E-state index in [-0.39, 0.29) is 29.4 Å². The summed E-state index contributed by atoms with van der Waals surface area (Å²) in [6, 6.07) is 7.61. The number of rotatable bonds is 3. The number of carbonyl (C=O) groups is 2. The highest BCUT2D eigenvalue weighted by Crippen LogP contribution is 2.61. The Labute approximate surface area is 211 Å². The monoisotopic (exact) mass is 487 g/mol. The first-order valence-electron chi connectivity index (χ1n) is 13.4. The van der Waals surface area contributed by atoms with Gasteiger partial charge in [-0.15, -0.1) is 0 Å². The summed E-state index contributed by atoms with van der Waals surface area (Å²) in [7, 11) is 0. The van der Waals surface area contributed by atoms with E-state index in [0.29, 0.717) is 42.5 Å². The lowest BCUT2D eigenvalue weighted by atomic mass is 9.49. The molecule has 8 rings (SSSR count). The molecule has 1 N–H and O–H groups in total. The van der Waals surface area contributed by atoms with Crippen LogP contribution in [0.2, 0.25) is 0 Å². The minimum absolute atomic E-state index is 0.0899. The first kappa shape index (κ1) is 22.1. The summed E-state index contributed by atoms with van der Waals surface area (Å²) in [5.74, 6) is 4.27. The van der Waals surface area contributed by atoms with Crippen LogP contribution in [-0.2, 0) is 16.1 Å². The molecule has 36 heavy (non-hydrogen) atoms. The Hall–Kier alpha value is -3.16. The molecule has 1 saturated heterocycles. The van der Waals surface area contributed by atoms with Gasteiger partial charge in [0.15, 0.2) is 5.82 Å². The van der Waals surface area contributed by atoms with Gasteiger partial charge in [-0.25, -0.2) is 14.8 Å². The summed E-state index contributed by atoms with van der Waals surface area (Å²) in [5, 5.41) is 3.42. The van der Waals surface area contributed by atoms with E-state index in [0.717, 1.165) is 36.3 Å². The molecule has 0 spiro atoms. The lowest BCUT2D eigenvalue weighted by Crippen LogP contribution is -2.54. The highest BCUT2D eigenvalue weighted by Gasteiger charge is 2.56. The van der Waals surface area contributed by atoms with Crippen molar-refractivity contribution in [1.29, 1.82) is 0 Å². The van der Waals surface area contributed by atoms with Gasteiger partial charge in [-0.3, -0.25) is 14.6 Å². The summed E-state index contributed by atoms with van der Waals surface area (Å²) in [6.07, 6.45) is 8.21.